The molecule has 0 unspecified atom stereocenters. The molecule has 3 heteroatoms. The Morgan fingerprint density at radius 1 is 1.38 bits per heavy atom. The van der Waals surface area contributed by atoms with Gasteiger partial charge in [0.25, 0.3) is 5.91 Å². The number of nitrogen functional groups attached to an aromatic ring is 1. The molecule has 1 amide bonds. The standard InChI is InChI=1S/C13H20N2O/c1-3-4-5-9-15-13(16)11-8-6-7-10(2)12(11)14/h6-8H,3-5,9,14H2,1-2H3,(H,15,16). The molecule has 0 fully saturated rings. The zero-order valence-electron chi connectivity index (χ0n) is 10.0. The summed E-state index contributed by atoms with van der Waals surface area (Å²) < 4.78 is 0. The summed E-state index contributed by atoms with van der Waals surface area (Å²) in [5, 5.41) is 2.88. The third-order valence-electron chi connectivity index (χ3n) is 2.63. The zero-order valence-corrected chi connectivity index (χ0v) is 10.0. The number of hydrogen-bond acceptors (Lipinski definition) is 2. The molecule has 0 saturated carbocycles. The molecule has 0 aromatic heterocycles. The lowest BCUT2D eigenvalue weighted by molar-refractivity contribution is 0.0954. The van der Waals surface area contributed by atoms with Gasteiger partial charge in [0, 0.05) is 12.2 Å². The molecule has 0 aliphatic carbocycles. The van der Waals surface area contributed by atoms with Crippen molar-refractivity contribution in [2.24, 2.45) is 0 Å². The molecule has 0 heterocycles. The maximum Gasteiger partial charge on any atom is 0.253 e. The number of benzene rings is 1. The molecule has 0 bridgehead atoms. The largest absolute Gasteiger partial charge is 0.398 e. The number of para-hydroxylation sites is 1. The van der Waals surface area contributed by atoms with E-state index in [0.29, 0.717) is 11.3 Å². The molecule has 0 spiro atoms. The highest BCUT2D eigenvalue weighted by Gasteiger charge is 2.09. The number of nitrogens with one attached hydrogen (secondary N) is 1. The number of carbonyl (C=O) groups is 1. The maximum absolute atomic E-state index is 11.8. The number of aryl methyl sites for hydroxylation is 1. The molecule has 0 saturated heterocycles. The van der Waals surface area contributed by atoms with E-state index in [4.69, 9.17) is 5.73 Å². The van der Waals surface area contributed by atoms with E-state index in [2.05, 4.69) is 12.2 Å². The van der Waals surface area contributed by atoms with Gasteiger partial charge in [-0.15, -0.1) is 0 Å². The summed E-state index contributed by atoms with van der Waals surface area (Å²) in [5.74, 6) is -0.0719. The van der Waals surface area contributed by atoms with Crippen LogP contribution in [0.5, 0.6) is 0 Å². The van der Waals surface area contributed by atoms with Crippen molar-refractivity contribution in [2.45, 2.75) is 33.1 Å². The summed E-state index contributed by atoms with van der Waals surface area (Å²) in [5.41, 5.74) is 7.96. The highest BCUT2D eigenvalue weighted by molar-refractivity contribution is 5.99. The first-order valence-corrected chi connectivity index (χ1v) is 5.80. The Morgan fingerprint density at radius 2 is 2.12 bits per heavy atom. The van der Waals surface area contributed by atoms with Gasteiger partial charge in [-0.3, -0.25) is 4.79 Å². The van der Waals surface area contributed by atoms with Crippen molar-refractivity contribution in [2.75, 3.05) is 12.3 Å². The minimum atomic E-state index is -0.0719. The number of rotatable bonds is 5. The first kappa shape index (κ1) is 12.6. The van der Waals surface area contributed by atoms with Crippen LogP contribution in [0.25, 0.3) is 0 Å². The molecule has 0 aliphatic rings. The second-order valence-electron chi connectivity index (χ2n) is 4.00. The van der Waals surface area contributed by atoms with Gasteiger partial charge in [0.1, 0.15) is 0 Å². The van der Waals surface area contributed by atoms with Crippen LogP contribution >= 0.6 is 0 Å². The van der Waals surface area contributed by atoms with Crippen LogP contribution < -0.4 is 11.1 Å². The van der Waals surface area contributed by atoms with Crippen molar-refractivity contribution < 1.29 is 4.79 Å². The first-order valence-electron chi connectivity index (χ1n) is 5.80. The average molecular weight is 220 g/mol. The predicted octanol–water partition coefficient (Wildman–Crippen LogP) is 2.50. The van der Waals surface area contributed by atoms with Gasteiger partial charge in [0.05, 0.1) is 5.56 Å². The molecule has 88 valence electrons. The van der Waals surface area contributed by atoms with Crippen LogP contribution in [-0.2, 0) is 0 Å². The SMILES string of the molecule is CCCCCNC(=O)c1cccc(C)c1N. The van der Waals surface area contributed by atoms with Crippen molar-refractivity contribution in [3.8, 4) is 0 Å². The maximum atomic E-state index is 11.8. The Bertz CT molecular complexity index is 361. The third-order valence-corrected chi connectivity index (χ3v) is 2.63. The summed E-state index contributed by atoms with van der Waals surface area (Å²) in [4.78, 5) is 11.8. The fourth-order valence-corrected chi connectivity index (χ4v) is 1.55. The molecule has 0 aliphatic heterocycles. The molecule has 3 N–H and O–H groups in total. The van der Waals surface area contributed by atoms with E-state index in [1.165, 1.54) is 0 Å². The van der Waals surface area contributed by atoms with Gasteiger partial charge in [-0.2, -0.15) is 0 Å². The Labute approximate surface area is 97.0 Å². The summed E-state index contributed by atoms with van der Waals surface area (Å²) in [6.45, 7) is 4.77. The molecule has 0 atom stereocenters. The molecule has 1 rings (SSSR count). The number of hydrogen-bond donors (Lipinski definition) is 2. The van der Waals surface area contributed by atoms with Crippen LogP contribution in [0.1, 0.15) is 42.1 Å². The molecule has 16 heavy (non-hydrogen) atoms. The van der Waals surface area contributed by atoms with Gasteiger partial charge in [0.15, 0.2) is 0 Å². The normalized spacial score (nSPS) is 10.1. The molecule has 0 radical (unpaired) electrons. The van der Waals surface area contributed by atoms with Crippen molar-refractivity contribution in [1.29, 1.82) is 0 Å². The lowest BCUT2D eigenvalue weighted by Crippen LogP contribution is -2.25. The first-order chi connectivity index (χ1) is 7.66. The van der Waals surface area contributed by atoms with Crippen molar-refractivity contribution in [1.82, 2.24) is 5.32 Å². The van der Waals surface area contributed by atoms with E-state index < -0.39 is 0 Å². The Kier molecular flexibility index (Phi) is 4.83. The topological polar surface area (TPSA) is 55.1 Å². The molecular formula is C13H20N2O. The van der Waals surface area contributed by atoms with Gasteiger partial charge in [-0.1, -0.05) is 31.9 Å². The highest BCUT2D eigenvalue weighted by Crippen LogP contribution is 2.15. The zero-order chi connectivity index (χ0) is 12.0. The van der Waals surface area contributed by atoms with Gasteiger partial charge >= 0.3 is 0 Å². The summed E-state index contributed by atoms with van der Waals surface area (Å²) in [7, 11) is 0. The quantitative estimate of drug-likeness (QED) is 0.591. The second kappa shape index (κ2) is 6.16. The number of amides is 1. The lowest BCUT2D eigenvalue weighted by atomic mass is 10.1. The minimum Gasteiger partial charge on any atom is -0.398 e. The Balaban J connectivity index is 2.56. The summed E-state index contributed by atoms with van der Waals surface area (Å²) >= 11 is 0. The van der Waals surface area contributed by atoms with Crippen LogP contribution in [-0.4, -0.2) is 12.5 Å². The third kappa shape index (κ3) is 3.26. The number of unbranched alkanes of at least 4 members (excludes halogenated alkanes) is 2. The predicted molar refractivity (Wildman–Crippen MR) is 67.4 cm³/mol. The molecular weight excluding hydrogens is 200 g/mol. The van der Waals surface area contributed by atoms with Crippen LogP contribution in [0, 0.1) is 6.92 Å². The van der Waals surface area contributed by atoms with Crippen molar-refractivity contribution >= 4 is 11.6 Å². The van der Waals surface area contributed by atoms with Crippen LogP contribution in [0.15, 0.2) is 18.2 Å². The van der Waals surface area contributed by atoms with Gasteiger partial charge in [0.2, 0.25) is 0 Å². The van der Waals surface area contributed by atoms with Gasteiger partial charge in [-0.05, 0) is 25.0 Å². The van der Waals surface area contributed by atoms with E-state index in [9.17, 15) is 4.79 Å². The van der Waals surface area contributed by atoms with Crippen LogP contribution in [0.3, 0.4) is 0 Å². The number of anilines is 1. The average Bonchev–Trinajstić information content (AvgIpc) is 2.28. The second-order valence-corrected chi connectivity index (χ2v) is 4.00. The monoisotopic (exact) mass is 220 g/mol. The van der Waals surface area contributed by atoms with Gasteiger partial charge < -0.3 is 11.1 Å². The van der Waals surface area contributed by atoms with E-state index in [-0.39, 0.29) is 5.91 Å². The lowest BCUT2D eigenvalue weighted by Gasteiger charge is -2.08. The van der Waals surface area contributed by atoms with E-state index >= 15 is 0 Å². The highest BCUT2D eigenvalue weighted by atomic mass is 16.1. The molecule has 3 nitrogen and oxygen atoms in total. The fraction of sp³-hybridized carbons (Fsp3) is 0.462. The summed E-state index contributed by atoms with van der Waals surface area (Å²) in [6, 6.07) is 5.52. The van der Waals surface area contributed by atoms with Crippen LogP contribution in [0.2, 0.25) is 0 Å². The van der Waals surface area contributed by atoms with E-state index in [1.807, 2.05) is 19.1 Å². The Hall–Kier alpha value is -1.51. The molecule has 1 aromatic rings. The van der Waals surface area contributed by atoms with Crippen molar-refractivity contribution in [3.63, 3.8) is 0 Å². The van der Waals surface area contributed by atoms with E-state index in [0.717, 1.165) is 31.4 Å². The Morgan fingerprint density at radius 3 is 2.81 bits per heavy atom. The fourth-order valence-electron chi connectivity index (χ4n) is 1.55. The minimum absolute atomic E-state index is 0.0719. The smallest absolute Gasteiger partial charge is 0.253 e. The summed E-state index contributed by atoms with van der Waals surface area (Å²) in [6.07, 6.45) is 3.32. The number of carbonyl (C=O) groups excluding carboxylic acids is 1. The van der Waals surface area contributed by atoms with E-state index in [1.54, 1.807) is 6.07 Å². The van der Waals surface area contributed by atoms with Gasteiger partial charge in [-0.25, -0.2) is 0 Å². The van der Waals surface area contributed by atoms with Crippen molar-refractivity contribution in [3.05, 3.63) is 29.3 Å². The molecule has 1 aromatic carbocycles. The van der Waals surface area contributed by atoms with Crippen LogP contribution in [0.4, 0.5) is 5.69 Å². The number of nitrogens with two attached hydrogens (primary N) is 1.